The molecule has 0 aliphatic carbocycles. The Labute approximate surface area is 231 Å². The molecular weight excluding hydrogens is 447 g/mol. The number of rotatable bonds is 5. The van der Waals surface area contributed by atoms with E-state index in [2.05, 4.69) is 23.4 Å². The van der Waals surface area contributed by atoms with Gasteiger partial charge in [0.1, 0.15) is 5.75 Å². The van der Waals surface area contributed by atoms with Crippen LogP contribution >= 0.6 is 0 Å². The fraction of sp³-hybridized carbons (Fsp3) is 0.393. The monoisotopic (exact) mass is 484 g/mol. The molecule has 2 aromatic rings. The van der Waals surface area contributed by atoms with Crippen molar-refractivity contribution in [1.82, 2.24) is 10.2 Å². The third-order valence-corrected chi connectivity index (χ3v) is 6.75. The van der Waals surface area contributed by atoms with Gasteiger partial charge in [-0.15, -0.1) is 0 Å². The number of benzene rings is 2. The van der Waals surface area contributed by atoms with Crippen molar-refractivity contribution in [3.63, 3.8) is 0 Å². The molecule has 0 amide bonds. The molecule has 2 saturated heterocycles. The first-order chi connectivity index (χ1) is 16.5. The average Bonchev–Trinajstić information content (AvgIpc) is 2.89. The van der Waals surface area contributed by atoms with E-state index in [9.17, 15) is 9.90 Å². The molecule has 2 aromatic carbocycles. The standard InChI is InChI=1S/C22H24N3O2.C6H13N.Na/c23-15-18(14-20(24)19-8-4-5-9-21(19)27)25-12-10-22(16-26,11-13-25)17-6-2-1-3-7-17;1-6-4-2-3-5-7-6;/h1-9,14-15,27H,10-13,23-24H2;6-7H,2-5H2,1H3;/q-1;;+1/b18-15+,20-14-;;. The van der Waals surface area contributed by atoms with Gasteiger partial charge in [0.25, 0.3) is 0 Å². The number of phenolic OH excluding ortho intramolecular Hbond substituents is 1. The maximum Gasteiger partial charge on any atom is 1.00 e. The van der Waals surface area contributed by atoms with Crippen molar-refractivity contribution in [2.75, 3.05) is 19.6 Å². The zero-order valence-electron chi connectivity index (χ0n) is 21.0. The first-order valence-corrected chi connectivity index (χ1v) is 12.1. The van der Waals surface area contributed by atoms with E-state index in [4.69, 9.17) is 11.5 Å². The number of nitrogens with one attached hydrogen (secondary N) is 1. The largest absolute Gasteiger partial charge is 1.00 e. The Morgan fingerprint density at radius 3 is 2.29 bits per heavy atom. The summed E-state index contributed by atoms with van der Waals surface area (Å²) in [6.45, 7) is 4.82. The Balaban J connectivity index is 0.000000465. The molecule has 7 heteroatoms. The number of piperidine rings is 2. The Kier molecular flexibility index (Phi) is 11.9. The van der Waals surface area contributed by atoms with Crippen molar-refractivity contribution < 1.29 is 39.5 Å². The molecule has 0 spiro atoms. The van der Waals surface area contributed by atoms with Gasteiger partial charge in [0.2, 0.25) is 0 Å². The molecule has 182 valence electrons. The third-order valence-electron chi connectivity index (χ3n) is 6.75. The number of hydrogen-bond acceptors (Lipinski definition) is 6. The minimum absolute atomic E-state index is 0. The molecule has 2 heterocycles. The van der Waals surface area contributed by atoms with E-state index >= 15 is 0 Å². The second-order valence-corrected chi connectivity index (χ2v) is 9.10. The summed E-state index contributed by atoms with van der Waals surface area (Å²) in [5, 5.41) is 13.4. The summed E-state index contributed by atoms with van der Waals surface area (Å²) in [4.78, 5) is 13.9. The number of phenols is 1. The van der Waals surface area contributed by atoms with Gasteiger partial charge in [-0.05, 0) is 44.5 Å². The molecule has 0 aromatic heterocycles. The molecule has 35 heavy (non-hydrogen) atoms. The van der Waals surface area contributed by atoms with Gasteiger partial charge < -0.3 is 31.6 Å². The summed E-state index contributed by atoms with van der Waals surface area (Å²) >= 11 is 0. The van der Waals surface area contributed by atoms with Crippen LogP contribution in [0.25, 0.3) is 5.70 Å². The smallest absolute Gasteiger partial charge is 0.541 e. The van der Waals surface area contributed by atoms with Crippen LogP contribution in [0, 0.1) is 0 Å². The summed E-state index contributed by atoms with van der Waals surface area (Å²) < 4.78 is 0. The van der Waals surface area contributed by atoms with Crippen molar-refractivity contribution in [1.29, 1.82) is 0 Å². The molecular formula is C28H37N4NaO2. The topological polar surface area (TPSA) is 105 Å². The van der Waals surface area contributed by atoms with Crippen molar-refractivity contribution in [2.45, 2.75) is 50.5 Å². The summed E-state index contributed by atoms with van der Waals surface area (Å²) in [6, 6.07) is 17.5. The van der Waals surface area contributed by atoms with Crippen LogP contribution in [-0.2, 0) is 10.2 Å². The molecule has 0 radical (unpaired) electrons. The predicted octanol–water partition coefficient (Wildman–Crippen LogP) is 0.788. The first-order valence-electron chi connectivity index (χ1n) is 12.1. The van der Waals surface area contributed by atoms with Crippen LogP contribution in [0.3, 0.4) is 0 Å². The van der Waals surface area contributed by atoms with Gasteiger partial charge in [0.15, 0.2) is 0 Å². The quantitative estimate of drug-likeness (QED) is 0.284. The summed E-state index contributed by atoms with van der Waals surface area (Å²) in [5.41, 5.74) is 14.2. The first kappa shape index (κ1) is 29.0. The van der Waals surface area contributed by atoms with Gasteiger partial charge in [0.05, 0.1) is 5.70 Å². The van der Waals surface area contributed by atoms with Crippen molar-refractivity contribution in [2.24, 2.45) is 11.5 Å². The number of nitrogens with two attached hydrogens (primary N) is 2. The van der Waals surface area contributed by atoms with E-state index in [0.717, 1.165) is 17.3 Å². The minimum atomic E-state index is -0.579. The summed E-state index contributed by atoms with van der Waals surface area (Å²) in [6.07, 6.45) is 11.0. The van der Waals surface area contributed by atoms with Gasteiger partial charge in [-0.2, -0.15) is 0 Å². The van der Waals surface area contributed by atoms with E-state index in [-0.39, 0.29) is 35.3 Å². The van der Waals surface area contributed by atoms with E-state index in [0.29, 0.717) is 37.2 Å². The van der Waals surface area contributed by atoms with Crippen LogP contribution in [0.4, 0.5) is 0 Å². The van der Waals surface area contributed by atoms with Crippen LogP contribution in [0.15, 0.2) is 72.6 Å². The van der Waals surface area contributed by atoms with Crippen LogP contribution < -0.4 is 46.3 Å². The molecule has 1 atom stereocenters. The Bertz CT molecular complexity index is 979. The second-order valence-electron chi connectivity index (χ2n) is 9.10. The normalized spacial score (nSPS) is 20.1. The minimum Gasteiger partial charge on any atom is -0.541 e. The van der Waals surface area contributed by atoms with E-state index in [1.165, 1.54) is 32.0 Å². The summed E-state index contributed by atoms with van der Waals surface area (Å²) in [5.74, 6) is 0.125. The SMILES string of the molecule is CC1CCCCN1.N/C=C(\C=C(/N)c1ccccc1O)N1CCC([C-]=O)(c2ccccc2)CC1.[Na+]. The summed E-state index contributed by atoms with van der Waals surface area (Å²) in [7, 11) is 0. The van der Waals surface area contributed by atoms with Crippen molar-refractivity contribution in [3.8, 4) is 5.75 Å². The molecule has 2 aliphatic rings. The molecule has 6 nitrogen and oxygen atoms in total. The molecule has 2 aliphatic heterocycles. The van der Waals surface area contributed by atoms with Gasteiger partial charge >= 0.3 is 29.6 Å². The number of hydrogen-bond donors (Lipinski definition) is 4. The second kappa shape index (κ2) is 14.3. The fourth-order valence-electron chi connectivity index (χ4n) is 4.58. The molecule has 2 fully saturated rings. The van der Waals surface area contributed by atoms with Gasteiger partial charge in [-0.3, -0.25) is 6.29 Å². The average molecular weight is 485 g/mol. The van der Waals surface area contributed by atoms with Gasteiger partial charge in [-0.25, -0.2) is 0 Å². The predicted molar refractivity (Wildman–Crippen MR) is 138 cm³/mol. The molecule has 0 bridgehead atoms. The number of para-hydroxylation sites is 1. The zero-order valence-corrected chi connectivity index (χ0v) is 23.0. The van der Waals surface area contributed by atoms with Crippen LogP contribution in [0.5, 0.6) is 5.75 Å². The van der Waals surface area contributed by atoms with E-state index < -0.39 is 5.41 Å². The van der Waals surface area contributed by atoms with Crippen molar-refractivity contribution >= 4 is 12.0 Å². The molecule has 0 saturated carbocycles. The fourth-order valence-corrected chi connectivity index (χ4v) is 4.58. The number of allylic oxidation sites excluding steroid dienone is 1. The van der Waals surface area contributed by atoms with Crippen molar-refractivity contribution in [3.05, 3.63) is 83.7 Å². The Morgan fingerprint density at radius 1 is 1.11 bits per heavy atom. The maximum atomic E-state index is 11.8. The zero-order chi connectivity index (χ0) is 24.4. The van der Waals surface area contributed by atoms with Crippen LogP contribution in [0.2, 0.25) is 0 Å². The van der Waals surface area contributed by atoms with Crippen LogP contribution in [0.1, 0.15) is 50.2 Å². The molecule has 4 rings (SSSR count). The third kappa shape index (κ3) is 7.87. The van der Waals surface area contributed by atoms with Crippen LogP contribution in [-0.4, -0.2) is 42.0 Å². The number of aromatic hydroxyl groups is 1. The maximum absolute atomic E-state index is 11.8. The van der Waals surface area contributed by atoms with Gasteiger partial charge in [-0.1, -0.05) is 72.7 Å². The Hall–Kier alpha value is -2.25. The molecule has 6 N–H and O–H groups in total. The van der Waals surface area contributed by atoms with E-state index in [1.54, 1.807) is 24.3 Å². The molecule has 1 unspecified atom stereocenters. The Morgan fingerprint density at radius 2 is 1.77 bits per heavy atom. The van der Waals surface area contributed by atoms with Gasteiger partial charge in [0, 0.05) is 36.6 Å². The number of nitrogens with zero attached hydrogens (tertiary/aromatic N) is 1. The van der Waals surface area contributed by atoms with E-state index in [1.807, 2.05) is 36.4 Å². The number of likely N-dealkylation sites (tertiary alicyclic amines) is 1. The number of carbonyl (C=O) groups excluding carboxylic acids is 1.